The molecule has 0 saturated heterocycles. The Hall–Kier alpha value is -2.01. The van der Waals surface area contributed by atoms with Gasteiger partial charge < -0.3 is 14.7 Å². The number of phenols is 1. The minimum atomic E-state index is -0.198. The molecule has 2 aromatic rings. The minimum absolute atomic E-state index is 0.0600. The topological polar surface area (TPSA) is 49.8 Å². The maximum absolute atomic E-state index is 12.7. The summed E-state index contributed by atoms with van der Waals surface area (Å²) in [5.41, 5.74) is 1.32. The Labute approximate surface area is 144 Å². The summed E-state index contributed by atoms with van der Waals surface area (Å²) >= 11 is 3.40. The molecule has 0 fully saturated rings. The zero-order valence-electron chi connectivity index (χ0n) is 13.3. The van der Waals surface area contributed by atoms with Crippen LogP contribution < -0.4 is 4.74 Å². The SMILES string of the molecule is CCOc1ccc(C(=O)N(CC)Cc2ccc(Br)cc2)c(O)c1. The number of hydrogen-bond acceptors (Lipinski definition) is 3. The van der Waals surface area contributed by atoms with Gasteiger partial charge in [-0.25, -0.2) is 0 Å². The average molecular weight is 378 g/mol. The van der Waals surface area contributed by atoms with Gasteiger partial charge in [-0.05, 0) is 43.7 Å². The molecule has 2 rings (SSSR count). The number of nitrogens with zero attached hydrogens (tertiary/aromatic N) is 1. The highest BCUT2D eigenvalue weighted by Crippen LogP contribution is 2.25. The third-order valence-corrected chi connectivity index (χ3v) is 3.99. The van der Waals surface area contributed by atoms with E-state index in [0.29, 0.717) is 25.4 Å². The number of benzene rings is 2. The number of phenolic OH excluding ortho intramolecular Hbond substituents is 1. The van der Waals surface area contributed by atoms with Gasteiger partial charge in [0.15, 0.2) is 0 Å². The van der Waals surface area contributed by atoms with Crippen molar-refractivity contribution in [3.63, 3.8) is 0 Å². The Balaban J connectivity index is 2.17. The lowest BCUT2D eigenvalue weighted by molar-refractivity contribution is 0.0749. The van der Waals surface area contributed by atoms with Crippen molar-refractivity contribution < 1.29 is 14.6 Å². The quantitative estimate of drug-likeness (QED) is 0.819. The summed E-state index contributed by atoms with van der Waals surface area (Å²) in [4.78, 5) is 14.3. The molecule has 0 bridgehead atoms. The normalized spacial score (nSPS) is 10.4. The number of rotatable bonds is 6. The summed E-state index contributed by atoms with van der Waals surface area (Å²) < 4.78 is 6.33. The summed E-state index contributed by atoms with van der Waals surface area (Å²) in [6.45, 7) is 5.35. The van der Waals surface area contributed by atoms with Crippen LogP contribution in [0.2, 0.25) is 0 Å². The Bertz CT molecular complexity index is 670. The van der Waals surface area contributed by atoms with Gasteiger partial charge in [-0.2, -0.15) is 0 Å². The van der Waals surface area contributed by atoms with E-state index in [4.69, 9.17) is 4.74 Å². The lowest BCUT2D eigenvalue weighted by Gasteiger charge is -2.22. The van der Waals surface area contributed by atoms with Gasteiger partial charge >= 0.3 is 0 Å². The first-order valence-corrected chi connectivity index (χ1v) is 8.34. The number of aromatic hydroxyl groups is 1. The van der Waals surface area contributed by atoms with Crippen molar-refractivity contribution in [2.24, 2.45) is 0 Å². The van der Waals surface area contributed by atoms with Gasteiger partial charge in [-0.15, -0.1) is 0 Å². The summed E-state index contributed by atoms with van der Waals surface area (Å²) in [5, 5.41) is 10.1. The van der Waals surface area contributed by atoms with Crippen molar-refractivity contribution in [3.05, 3.63) is 58.1 Å². The zero-order valence-corrected chi connectivity index (χ0v) is 14.8. The van der Waals surface area contributed by atoms with Crippen LogP contribution in [0.5, 0.6) is 11.5 Å². The van der Waals surface area contributed by atoms with E-state index < -0.39 is 0 Å². The number of hydrogen-bond donors (Lipinski definition) is 1. The summed E-state index contributed by atoms with van der Waals surface area (Å²) in [6.07, 6.45) is 0. The molecule has 2 aromatic carbocycles. The fourth-order valence-corrected chi connectivity index (χ4v) is 2.52. The third kappa shape index (κ3) is 4.48. The first-order valence-electron chi connectivity index (χ1n) is 7.54. The standard InChI is InChI=1S/C18H20BrNO3/c1-3-20(12-13-5-7-14(19)8-6-13)18(22)16-10-9-15(23-4-2)11-17(16)21/h5-11,21H,3-4,12H2,1-2H3. The van der Waals surface area contributed by atoms with Gasteiger partial charge in [0.05, 0.1) is 12.2 Å². The van der Waals surface area contributed by atoms with Crippen LogP contribution in [0.25, 0.3) is 0 Å². The van der Waals surface area contributed by atoms with Gasteiger partial charge in [-0.3, -0.25) is 4.79 Å². The molecule has 0 saturated carbocycles. The molecule has 0 atom stereocenters. The molecular weight excluding hydrogens is 358 g/mol. The van der Waals surface area contributed by atoms with Gasteiger partial charge in [0.2, 0.25) is 0 Å². The molecule has 0 aliphatic rings. The fraction of sp³-hybridized carbons (Fsp3) is 0.278. The summed E-state index contributed by atoms with van der Waals surface area (Å²) in [7, 11) is 0. The molecular formula is C18H20BrNO3. The number of halogens is 1. The molecule has 0 spiro atoms. The highest BCUT2D eigenvalue weighted by atomic mass is 79.9. The number of carbonyl (C=O) groups is 1. The lowest BCUT2D eigenvalue weighted by atomic mass is 10.1. The number of carbonyl (C=O) groups excluding carboxylic acids is 1. The van der Waals surface area contributed by atoms with Crippen LogP contribution >= 0.6 is 15.9 Å². The molecule has 5 heteroatoms. The maximum atomic E-state index is 12.7. The van der Waals surface area contributed by atoms with Crippen LogP contribution in [-0.2, 0) is 6.54 Å². The molecule has 23 heavy (non-hydrogen) atoms. The van der Waals surface area contributed by atoms with Crippen molar-refractivity contribution in [2.45, 2.75) is 20.4 Å². The largest absolute Gasteiger partial charge is 0.507 e. The van der Waals surface area contributed by atoms with Gasteiger partial charge in [-0.1, -0.05) is 28.1 Å². The van der Waals surface area contributed by atoms with Crippen LogP contribution in [0.3, 0.4) is 0 Å². The molecule has 122 valence electrons. The van der Waals surface area contributed by atoms with E-state index >= 15 is 0 Å². The Morgan fingerprint density at radius 2 is 1.87 bits per heavy atom. The predicted molar refractivity (Wildman–Crippen MR) is 93.8 cm³/mol. The van der Waals surface area contributed by atoms with Crippen LogP contribution in [0.1, 0.15) is 29.8 Å². The van der Waals surface area contributed by atoms with Crippen molar-refractivity contribution in [1.29, 1.82) is 0 Å². The molecule has 0 aliphatic heterocycles. The summed E-state index contributed by atoms with van der Waals surface area (Å²) in [5.74, 6) is 0.295. The van der Waals surface area contributed by atoms with Crippen molar-refractivity contribution in [1.82, 2.24) is 4.90 Å². The Morgan fingerprint density at radius 1 is 1.17 bits per heavy atom. The molecule has 0 heterocycles. The maximum Gasteiger partial charge on any atom is 0.257 e. The Morgan fingerprint density at radius 3 is 2.43 bits per heavy atom. The van der Waals surface area contributed by atoms with E-state index in [1.165, 1.54) is 6.07 Å². The molecule has 1 N–H and O–H groups in total. The zero-order chi connectivity index (χ0) is 16.8. The Kier molecular flexibility index (Phi) is 6.04. The first kappa shape index (κ1) is 17.3. The highest BCUT2D eigenvalue weighted by Gasteiger charge is 2.18. The van der Waals surface area contributed by atoms with E-state index in [0.717, 1.165) is 10.0 Å². The van der Waals surface area contributed by atoms with Crippen molar-refractivity contribution in [3.8, 4) is 11.5 Å². The van der Waals surface area contributed by atoms with E-state index in [1.54, 1.807) is 17.0 Å². The van der Waals surface area contributed by atoms with Crippen LogP contribution in [-0.4, -0.2) is 29.1 Å². The highest BCUT2D eigenvalue weighted by molar-refractivity contribution is 9.10. The first-order chi connectivity index (χ1) is 11.0. The van der Waals surface area contributed by atoms with E-state index in [-0.39, 0.29) is 17.2 Å². The second-order valence-corrected chi connectivity index (χ2v) is 5.97. The smallest absolute Gasteiger partial charge is 0.257 e. The average Bonchev–Trinajstić information content (AvgIpc) is 2.54. The van der Waals surface area contributed by atoms with Gasteiger partial charge in [0.1, 0.15) is 11.5 Å². The number of amides is 1. The second kappa shape index (κ2) is 8.02. The second-order valence-electron chi connectivity index (χ2n) is 5.06. The van der Waals surface area contributed by atoms with Crippen molar-refractivity contribution >= 4 is 21.8 Å². The van der Waals surface area contributed by atoms with E-state index in [1.807, 2.05) is 38.1 Å². The predicted octanol–water partition coefficient (Wildman–Crippen LogP) is 4.22. The van der Waals surface area contributed by atoms with Crippen molar-refractivity contribution in [2.75, 3.05) is 13.2 Å². The van der Waals surface area contributed by atoms with Crippen LogP contribution in [0.4, 0.5) is 0 Å². The molecule has 0 aliphatic carbocycles. The van der Waals surface area contributed by atoms with Gasteiger partial charge in [0, 0.05) is 23.6 Å². The van der Waals surface area contributed by atoms with Gasteiger partial charge in [0.25, 0.3) is 5.91 Å². The molecule has 0 radical (unpaired) electrons. The molecule has 1 amide bonds. The fourth-order valence-electron chi connectivity index (χ4n) is 2.26. The van der Waals surface area contributed by atoms with Crippen LogP contribution in [0.15, 0.2) is 46.9 Å². The minimum Gasteiger partial charge on any atom is -0.507 e. The molecule has 0 unspecified atom stereocenters. The molecule has 0 aromatic heterocycles. The monoisotopic (exact) mass is 377 g/mol. The number of ether oxygens (including phenoxy) is 1. The third-order valence-electron chi connectivity index (χ3n) is 3.47. The summed E-state index contributed by atoms with van der Waals surface area (Å²) in [6, 6.07) is 12.6. The molecule has 4 nitrogen and oxygen atoms in total. The van der Waals surface area contributed by atoms with E-state index in [9.17, 15) is 9.90 Å². The van der Waals surface area contributed by atoms with E-state index in [2.05, 4.69) is 15.9 Å². The lowest BCUT2D eigenvalue weighted by Crippen LogP contribution is -2.30. The van der Waals surface area contributed by atoms with Crippen LogP contribution in [0, 0.1) is 0 Å².